The molecule has 0 radical (unpaired) electrons. The van der Waals surface area contributed by atoms with Crippen LogP contribution in [0.5, 0.6) is 0 Å². The van der Waals surface area contributed by atoms with Crippen LogP contribution in [0.25, 0.3) is 0 Å². The number of fused-ring (bicyclic) bond motifs is 1. The summed E-state index contributed by atoms with van der Waals surface area (Å²) >= 11 is 0. The molecule has 30 heavy (non-hydrogen) atoms. The Morgan fingerprint density at radius 2 is 1.70 bits per heavy atom. The highest BCUT2D eigenvalue weighted by atomic mass is 19.4. The third-order valence-electron chi connectivity index (χ3n) is 4.95. The maximum atomic E-state index is 12.9. The molecule has 2 N–H and O–H groups in total. The number of halogens is 3. The van der Waals surface area contributed by atoms with Crippen LogP contribution in [0.1, 0.15) is 47.3 Å². The fourth-order valence-electron chi connectivity index (χ4n) is 3.20. The molecule has 3 amide bonds. The topological polar surface area (TPSA) is 61.4 Å². The SMILES string of the molecule is CC(C)CCNC(=O)c1ccc(NC(=O)N2Cc3ccc(C(F)(F)F)cc3C2)cc1. The van der Waals surface area contributed by atoms with Crippen molar-refractivity contribution in [3.63, 3.8) is 0 Å². The van der Waals surface area contributed by atoms with Crippen molar-refractivity contribution >= 4 is 17.6 Å². The van der Waals surface area contributed by atoms with Crippen LogP contribution >= 0.6 is 0 Å². The highest BCUT2D eigenvalue weighted by molar-refractivity contribution is 5.95. The normalized spacial score (nSPS) is 13.3. The summed E-state index contributed by atoms with van der Waals surface area (Å²) in [6, 6.07) is 9.62. The average Bonchev–Trinajstić information content (AvgIpc) is 3.11. The summed E-state index contributed by atoms with van der Waals surface area (Å²) in [5, 5.41) is 5.57. The second kappa shape index (κ2) is 8.77. The van der Waals surface area contributed by atoms with Crippen molar-refractivity contribution in [3.8, 4) is 0 Å². The molecule has 1 aliphatic rings. The molecule has 0 saturated carbocycles. The number of benzene rings is 2. The van der Waals surface area contributed by atoms with Crippen LogP contribution in [0.15, 0.2) is 42.5 Å². The number of amides is 3. The van der Waals surface area contributed by atoms with Crippen molar-refractivity contribution in [2.24, 2.45) is 5.92 Å². The van der Waals surface area contributed by atoms with Gasteiger partial charge in [-0.2, -0.15) is 13.2 Å². The van der Waals surface area contributed by atoms with E-state index in [1.54, 1.807) is 24.3 Å². The first-order valence-electron chi connectivity index (χ1n) is 9.76. The van der Waals surface area contributed by atoms with Crippen molar-refractivity contribution in [2.45, 2.75) is 39.5 Å². The minimum atomic E-state index is -4.41. The van der Waals surface area contributed by atoms with Crippen molar-refractivity contribution in [3.05, 3.63) is 64.7 Å². The Bertz CT molecular complexity index is 924. The predicted octanol–water partition coefficient (Wildman–Crippen LogP) is 5.03. The molecule has 2 aromatic carbocycles. The van der Waals surface area contributed by atoms with Gasteiger partial charge in [0.25, 0.3) is 5.91 Å². The lowest BCUT2D eigenvalue weighted by Gasteiger charge is -2.16. The fraction of sp³-hybridized carbons (Fsp3) is 0.364. The van der Waals surface area contributed by atoms with Crippen LogP contribution < -0.4 is 10.6 Å². The van der Waals surface area contributed by atoms with E-state index in [1.165, 1.54) is 11.0 Å². The van der Waals surface area contributed by atoms with Crippen molar-refractivity contribution < 1.29 is 22.8 Å². The van der Waals surface area contributed by atoms with Crippen LogP contribution in [0.3, 0.4) is 0 Å². The number of alkyl halides is 3. The molecule has 2 aromatic rings. The van der Waals surface area contributed by atoms with E-state index in [-0.39, 0.29) is 19.0 Å². The second-order valence-electron chi connectivity index (χ2n) is 7.78. The van der Waals surface area contributed by atoms with Gasteiger partial charge in [-0.25, -0.2) is 4.79 Å². The van der Waals surface area contributed by atoms with Gasteiger partial charge in [0.1, 0.15) is 0 Å². The summed E-state index contributed by atoms with van der Waals surface area (Å²) in [6.07, 6.45) is -3.52. The van der Waals surface area contributed by atoms with Crippen molar-refractivity contribution in [1.29, 1.82) is 0 Å². The lowest BCUT2D eigenvalue weighted by Crippen LogP contribution is -2.30. The van der Waals surface area contributed by atoms with E-state index in [0.717, 1.165) is 18.6 Å². The molecule has 0 spiro atoms. The van der Waals surface area contributed by atoms with Crippen molar-refractivity contribution in [1.82, 2.24) is 10.2 Å². The minimum absolute atomic E-state index is 0.113. The number of rotatable bonds is 5. The Labute approximate surface area is 173 Å². The average molecular weight is 419 g/mol. The predicted molar refractivity (Wildman–Crippen MR) is 108 cm³/mol. The molecular weight excluding hydrogens is 395 g/mol. The van der Waals surface area contributed by atoms with E-state index in [0.29, 0.717) is 34.8 Å². The van der Waals surface area contributed by atoms with Gasteiger partial charge < -0.3 is 15.5 Å². The number of nitrogens with one attached hydrogen (secondary N) is 2. The molecule has 0 aliphatic carbocycles. The van der Waals surface area contributed by atoms with Gasteiger partial charge in [0.15, 0.2) is 0 Å². The van der Waals surface area contributed by atoms with E-state index in [9.17, 15) is 22.8 Å². The first-order chi connectivity index (χ1) is 14.1. The molecular formula is C22H24F3N3O2. The van der Waals surface area contributed by atoms with Crippen molar-refractivity contribution in [2.75, 3.05) is 11.9 Å². The minimum Gasteiger partial charge on any atom is -0.352 e. The molecule has 1 heterocycles. The van der Waals surface area contributed by atoms with Gasteiger partial charge in [0.2, 0.25) is 0 Å². The summed E-state index contributed by atoms with van der Waals surface area (Å²) in [5.74, 6) is 0.323. The largest absolute Gasteiger partial charge is 0.416 e. The number of nitrogens with zero attached hydrogens (tertiary/aromatic N) is 1. The zero-order chi connectivity index (χ0) is 21.9. The lowest BCUT2D eigenvalue weighted by atomic mass is 10.1. The molecule has 5 nitrogen and oxygen atoms in total. The summed E-state index contributed by atoms with van der Waals surface area (Å²) in [7, 11) is 0. The van der Waals surface area contributed by atoms with Crippen LogP contribution in [0.4, 0.5) is 23.7 Å². The summed E-state index contributed by atoms with van der Waals surface area (Å²) in [4.78, 5) is 26.1. The maximum absolute atomic E-state index is 12.9. The Morgan fingerprint density at radius 3 is 2.33 bits per heavy atom. The third-order valence-corrected chi connectivity index (χ3v) is 4.95. The second-order valence-corrected chi connectivity index (χ2v) is 7.78. The third kappa shape index (κ3) is 5.31. The Morgan fingerprint density at radius 1 is 1.03 bits per heavy atom. The number of hydrogen-bond acceptors (Lipinski definition) is 2. The van der Waals surface area contributed by atoms with E-state index in [2.05, 4.69) is 24.5 Å². The molecule has 1 aliphatic heterocycles. The quantitative estimate of drug-likeness (QED) is 0.714. The highest BCUT2D eigenvalue weighted by Gasteiger charge is 2.33. The van der Waals surface area contributed by atoms with Gasteiger partial charge in [0, 0.05) is 30.9 Å². The fourth-order valence-corrected chi connectivity index (χ4v) is 3.20. The maximum Gasteiger partial charge on any atom is 0.416 e. The summed E-state index contributed by atoms with van der Waals surface area (Å²) in [5.41, 5.74) is 1.47. The van der Waals surface area contributed by atoms with Gasteiger partial charge in [-0.05, 0) is 59.9 Å². The zero-order valence-electron chi connectivity index (χ0n) is 16.8. The van der Waals surface area contributed by atoms with E-state index in [1.807, 2.05) is 0 Å². The number of hydrogen-bond donors (Lipinski definition) is 2. The monoisotopic (exact) mass is 419 g/mol. The standard InChI is InChI=1S/C22H24F3N3O2/c1-14(2)9-10-26-20(29)15-4-7-19(8-5-15)27-21(30)28-12-16-3-6-18(22(23,24)25)11-17(16)13-28/h3-8,11,14H,9-10,12-13H2,1-2H3,(H,26,29)(H,27,30). The molecule has 0 aromatic heterocycles. The first kappa shape index (κ1) is 21.7. The summed E-state index contributed by atoms with van der Waals surface area (Å²) in [6.45, 7) is 5.12. The Hall–Kier alpha value is -3.03. The van der Waals surface area contributed by atoms with Gasteiger partial charge >= 0.3 is 12.2 Å². The molecule has 0 bridgehead atoms. The van der Waals surface area contributed by atoms with Gasteiger partial charge in [0.05, 0.1) is 5.56 Å². The van der Waals surface area contributed by atoms with Crippen LogP contribution in [0.2, 0.25) is 0 Å². The van der Waals surface area contributed by atoms with Gasteiger partial charge in [-0.15, -0.1) is 0 Å². The summed E-state index contributed by atoms with van der Waals surface area (Å²) < 4.78 is 38.6. The number of anilines is 1. The van der Waals surface area contributed by atoms with E-state index in [4.69, 9.17) is 0 Å². The smallest absolute Gasteiger partial charge is 0.352 e. The van der Waals surface area contributed by atoms with Crippen LogP contribution in [-0.2, 0) is 19.3 Å². The van der Waals surface area contributed by atoms with E-state index >= 15 is 0 Å². The van der Waals surface area contributed by atoms with Gasteiger partial charge in [-0.3, -0.25) is 4.79 Å². The number of carbonyl (C=O) groups excluding carboxylic acids is 2. The Kier molecular flexibility index (Phi) is 6.34. The molecule has 0 atom stereocenters. The van der Waals surface area contributed by atoms with Crippen LogP contribution in [-0.4, -0.2) is 23.4 Å². The molecule has 160 valence electrons. The molecule has 0 unspecified atom stereocenters. The van der Waals surface area contributed by atoms with E-state index < -0.39 is 17.8 Å². The number of carbonyl (C=O) groups is 2. The number of urea groups is 1. The lowest BCUT2D eigenvalue weighted by molar-refractivity contribution is -0.137. The molecule has 0 fully saturated rings. The highest BCUT2D eigenvalue weighted by Crippen LogP contribution is 2.33. The van der Waals surface area contributed by atoms with Crippen LogP contribution in [0, 0.1) is 5.92 Å². The zero-order valence-corrected chi connectivity index (χ0v) is 16.8. The Balaban J connectivity index is 1.57. The molecule has 3 rings (SSSR count). The molecule has 0 saturated heterocycles. The first-order valence-corrected chi connectivity index (χ1v) is 9.76. The van der Waals surface area contributed by atoms with Gasteiger partial charge in [-0.1, -0.05) is 19.9 Å². The molecule has 8 heteroatoms.